The molecule has 4 amide bonds. The molecule has 2 N–H and O–H groups in total. The van der Waals surface area contributed by atoms with Gasteiger partial charge in [0.1, 0.15) is 12.1 Å². The second-order valence-electron chi connectivity index (χ2n) is 7.36. The van der Waals surface area contributed by atoms with E-state index < -0.39 is 11.6 Å². The standard InChI is InChI=1S/C19H25N3O3/c1-12-8-13(2)10-15(9-12)20-16(23)11-22-17(24)19(21-18(22)25)7-5-4-6-14(19)3/h8-10,14H,4-7,11H2,1-3H3,(H,20,23)(H,21,25)/t14-,19-/m0/s1. The quantitative estimate of drug-likeness (QED) is 0.828. The highest BCUT2D eigenvalue weighted by Crippen LogP contribution is 2.38. The van der Waals surface area contributed by atoms with Crippen molar-refractivity contribution in [3.05, 3.63) is 29.3 Å². The minimum absolute atomic E-state index is 0.0881. The third-order valence-corrected chi connectivity index (χ3v) is 5.31. The first-order chi connectivity index (χ1) is 11.8. The average Bonchev–Trinajstić information content (AvgIpc) is 2.74. The van der Waals surface area contributed by atoms with E-state index in [0.29, 0.717) is 12.1 Å². The Morgan fingerprint density at radius 3 is 2.56 bits per heavy atom. The highest BCUT2D eigenvalue weighted by Gasteiger charge is 2.55. The maximum Gasteiger partial charge on any atom is 0.325 e. The molecule has 1 aromatic carbocycles. The molecule has 0 bridgehead atoms. The molecule has 0 radical (unpaired) electrons. The third kappa shape index (κ3) is 3.25. The van der Waals surface area contributed by atoms with Gasteiger partial charge in [-0.25, -0.2) is 4.79 Å². The Morgan fingerprint density at radius 2 is 1.92 bits per heavy atom. The van der Waals surface area contributed by atoms with Crippen LogP contribution in [0, 0.1) is 19.8 Å². The molecule has 1 aromatic rings. The summed E-state index contributed by atoms with van der Waals surface area (Å²) in [6.07, 6.45) is 3.54. The van der Waals surface area contributed by atoms with E-state index in [2.05, 4.69) is 10.6 Å². The van der Waals surface area contributed by atoms with Crippen molar-refractivity contribution in [3.8, 4) is 0 Å². The van der Waals surface area contributed by atoms with Gasteiger partial charge in [-0.3, -0.25) is 14.5 Å². The van der Waals surface area contributed by atoms with Gasteiger partial charge in [0.2, 0.25) is 5.91 Å². The van der Waals surface area contributed by atoms with Crippen molar-refractivity contribution in [3.63, 3.8) is 0 Å². The van der Waals surface area contributed by atoms with E-state index in [1.807, 2.05) is 39.0 Å². The molecule has 1 spiro atoms. The Hall–Kier alpha value is -2.37. The fourth-order valence-electron chi connectivity index (χ4n) is 4.03. The van der Waals surface area contributed by atoms with Crippen LogP contribution >= 0.6 is 0 Å². The zero-order valence-corrected chi connectivity index (χ0v) is 15.0. The monoisotopic (exact) mass is 343 g/mol. The van der Waals surface area contributed by atoms with Crippen LogP contribution in [0.1, 0.15) is 43.7 Å². The Balaban J connectivity index is 1.71. The van der Waals surface area contributed by atoms with Crippen LogP contribution < -0.4 is 10.6 Å². The largest absolute Gasteiger partial charge is 0.325 e. The summed E-state index contributed by atoms with van der Waals surface area (Å²) in [5.74, 6) is -0.542. The third-order valence-electron chi connectivity index (χ3n) is 5.31. The first kappa shape index (κ1) is 17.5. The fraction of sp³-hybridized carbons (Fsp3) is 0.526. The van der Waals surface area contributed by atoms with Gasteiger partial charge in [-0.15, -0.1) is 0 Å². The number of rotatable bonds is 3. The van der Waals surface area contributed by atoms with Gasteiger partial charge in [-0.2, -0.15) is 0 Å². The average molecular weight is 343 g/mol. The van der Waals surface area contributed by atoms with Gasteiger partial charge >= 0.3 is 6.03 Å². The van der Waals surface area contributed by atoms with Crippen molar-refractivity contribution in [2.75, 3.05) is 11.9 Å². The number of aryl methyl sites for hydroxylation is 2. The molecule has 1 aliphatic carbocycles. The summed E-state index contributed by atoms with van der Waals surface area (Å²) >= 11 is 0. The summed E-state index contributed by atoms with van der Waals surface area (Å²) in [4.78, 5) is 38.6. The molecule has 2 atom stereocenters. The molecular formula is C19H25N3O3. The van der Waals surface area contributed by atoms with Crippen molar-refractivity contribution in [1.29, 1.82) is 0 Å². The van der Waals surface area contributed by atoms with Crippen LogP contribution in [0.25, 0.3) is 0 Å². The van der Waals surface area contributed by atoms with Gasteiger partial charge in [0, 0.05) is 5.69 Å². The Labute approximate surface area is 148 Å². The van der Waals surface area contributed by atoms with Crippen LogP contribution in [0.15, 0.2) is 18.2 Å². The van der Waals surface area contributed by atoms with Gasteiger partial charge in [-0.1, -0.05) is 25.8 Å². The summed E-state index contributed by atoms with van der Waals surface area (Å²) < 4.78 is 0. The van der Waals surface area contributed by atoms with Crippen LogP contribution in [0.4, 0.5) is 10.5 Å². The lowest BCUT2D eigenvalue weighted by atomic mass is 9.73. The van der Waals surface area contributed by atoms with E-state index in [4.69, 9.17) is 0 Å². The maximum atomic E-state index is 12.9. The Bertz CT molecular complexity index is 710. The second-order valence-corrected chi connectivity index (χ2v) is 7.36. The van der Waals surface area contributed by atoms with Crippen LogP contribution in [0.5, 0.6) is 0 Å². The van der Waals surface area contributed by atoms with Crippen molar-refractivity contribution in [2.24, 2.45) is 5.92 Å². The number of carbonyl (C=O) groups excluding carboxylic acids is 3. The second kappa shape index (κ2) is 6.50. The molecule has 1 saturated heterocycles. The lowest BCUT2D eigenvalue weighted by Gasteiger charge is -2.36. The van der Waals surface area contributed by atoms with Crippen LogP contribution in [-0.4, -0.2) is 34.8 Å². The molecule has 1 heterocycles. The SMILES string of the molecule is Cc1cc(C)cc(NC(=O)CN2C(=O)N[C@]3(CCCC[C@@H]3C)C2=O)c1. The minimum Gasteiger partial charge on any atom is -0.325 e. The maximum absolute atomic E-state index is 12.9. The summed E-state index contributed by atoms with van der Waals surface area (Å²) in [5, 5.41) is 5.65. The van der Waals surface area contributed by atoms with E-state index in [-0.39, 0.29) is 24.3 Å². The summed E-state index contributed by atoms with van der Waals surface area (Å²) in [6.45, 7) is 5.64. The lowest BCUT2D eigenvalue weighted by Crippen LogP contribution is -2.54. The van der Waals surface area contributed by atoms with Crippen LogP contribution in [0.2, 0.25) is 0 Å². The minimum atomic E-state index is -0.824. The number of hydrogen-bond donors (Lipinski definition) is 2. The molecular weight excluding hydrogens is 318 g/mol. The number of amides is 4. The molecule has 6 nitrogen and oxygen atoms in total. The normalized spacial score (nSPS) is 26.0. The molecule has 6 heteroatoms. The van der Waals surface area contributed by atoms with E-state index in [1.165, 1.54) is 0 Å². The molecule has 2 aliphatic rings. The van der Waals surface area contributed by atoms with Gasteiger partial charge < -0.3 is 10.6 Å². The summed E-state index contributed by atoms with van der Waals surface area (Å²) in [7, 11) is 0. The topological polar surface area (TPSA) is 78.5 Å². The molecule has 0 aromatic heterocycles. The number of carbonyl (C=O) groups is 3. The highest BCUT2D eigenvalue weighted by atomic mass is 16.2. The first-order valence-electron chi connectivity index (χ1n) is 8.84. The van der Waals surface area contributed by atoms with Crippen molar-refractivity contribution < 1.29 is 14.4 Å². The molecule has 2 fully saturated rings. The fourth-order valence-corrected chi connectivity index (χ4v) is 4.03. The molecule has 0 unspecified atom stereocenters. The zero-order chi connectivity index (χ0) is 18.2. The number of nitrogens with one attached hydrogen (secondary N) is 2. The predicted molar refractivity (Wildman–Crippen MR) is 95.2 cm³/mol. The van der Waals surface area contributed by atoms with E-state index in [1.54, 1.807) is 0 Å². The van der Waals surface area contributed by atoms with E-state index in [0.717, 1.165) is 35.3 Å². The van der Waals surface area contributed by atoms with Gasteiger partial charge in [0.15, 0.2) is 0 Å². The Kier molecular flexibility index (Phi) is 4.54. The van der Waals surface area contributed by atoms with Crippen LogP contribution in [0.3, 0.4) is 0 Å². The van der Waals surface area contributed by atoms with Crippen LogP contribution in [-0.2, 0) is 9.59 Å². The number of imide groups is 1. The van der Waals surface area contributed by atoms with Gasteiger partial charge in [-0.05, 0) is 55.9 Å². The predicted octanol–water partition coefficient (Wildman–Crippen LogP) is 2.74. The molecule has 3 rings (SSSR count). The number of anilines is 1. The van der Waals surface area contributed by atoms with E-state index >= 15 is 0 Å². The van der Waals surface area contributed by atoms with Gasteiger partial charge in [0.25, 0.3) is 5.91 Å². The summed E-state index contributed by atoms with van der Waals surface area (Å²) in [5.41, 5.74) is 1.94. The smallest absolute Gasteiger partial charge is 0.325 e. The molecule has 1 aliphatic heterocycles. The summed E-state index contributed by atoms with van der Waals surface area (Å²) in [6, 6.07) is 5.28. The highest BCUT2D eigenvalue weighted by molar-refractivity contribution is 6.10. The van der Waals surface area contributed by atoms with Crippen molar-refractivity contribution in [1.82, 2.24) is 10.2 Å². The first-order valence-corrected chi connectivity index (χ1v) is 8.84. The Morgan fingerprint density at radius 1 is 1.24 bits per heavy atom. The van der Waals surface area contributed by atoms with Gasteiger partial charge in [0.05, 0.1) is 0 Å². The number of benzene rings is 1. The number of nitrogens with zero attached hydrogens (tertiary/aromatic N) is 1. The number of urea groups is 1. The molecule has 25 heavy (non-hydrogen) atoms. The molecule has 134 valence electrons. The zero-order valence-electron chi connectivity index (χ0n) is 15.0. The number of hydrogen-bond acceptors (Lipinski definition) is 3. The van der Waals surface area contributed by atoms with Crippen molar-refractivity contribution >= 4 is 23.5 Å². The van der Waals surface area contributed by atoms with E-state index in [9.17, 15) is 14.4 Å². The lowest BCUT2D eigenvalue weighted by molar-refractivity contribution is -0.136. The van der Waals surface area contributed by atoms with Crippen molar-refractivity contribution in [2.45, 2.75) is 52.0 Å². The molecule has 1 saturated carbocycles.